The summed E-state index contributed by atoms with van der Waals surface area (Å²) in [5.74, 6) is 1.99. The quantitative estimate of drug-likeness (QED) is 0.445. The van der Waals surface area contributed by atoms with Gasteiger partial charge in [-0.05, 0) is 70.7 Å². The van der Waals surface area contributed by atoms with Crippen LogP contribution in [0.1, 0.15) is 45.0 Å². The first-order valence-corrected chi connectivity index (χ1v) is 13.7. The van der Waals surface area contributed by atoms with Crippen molar-refractivity contribution in [2.24, 2.45) is 11.8 Å². The summed E-state index contributed by atoms with van der Waals surface area (Å²) in [7, 11) is 4.93. The number of aromatic nitrogens is 2. The van der Waals surface area contributed by atoms with Crippen LogP contribution >= 0.6 is 22.7 Å². The maximum atomic E-state index is 11.5. The summed E-state index contributed by atoms with van der Waals surface area (Å²) in [5.41, 5.74) is 3.33. The highest BCUT2D eigenvalue weighted by Gasteiger charge is 2.20. The number of carbonyl (C=O) groups is 2. The number of anilines is 2. The minimum atomic E-state index is -0.319. The van der Waals surface area contributed by atoms with Gasteiger partial charge in [0.25, 0.3) is 0 Å². The number of likely N-dealkylation sites (tertiary alicyclic amines) is 1. The first-order chi connectivity index (χ1) is 17.0. The molecule has 2 aromatic heterocycles. The molecule has 0 saturated carbocycles. The summed E-state index contributed by atoms with van der Waals surface area (Å²) in [6.07, 6.45) is 4.73. The molecule has 0 bridgehead atoms. The molecular formula is C23H36N6O4S2. The number of hydrogen-bond donors (Lipinski definition) is 3. The average molecular weight is 525 g/mol. The van der Waals surface area contributed by atoms with Crippen molar-refractivity contribution in [3.05, 3.63) is 20.8 Å². The van der Waals surface area contributed by atoms with Crippen LogP contribution in [0, 0.1) is 11.8 Å². The van der Waals surface area contributed by atoms with Crippen LogP contribution < -0.4 is 16.0 Å². The van der Waals surface area contributed by atoms with Crippen molar-refractivity contribution in [2.75, 3.05) is 71.2 Å². The molecule has 0 amide bonds. The van der Waals surface area contributed by atoms with Crippen molar-refractivity contribution >= 4 is 46.2 Å². The number of nitrogens with one attached hydrogen (secondary N) is 3. The van der Waals surface area contributed by atoms with Gasteiger partial charge in [-0.2, -0.15) is 0 Å². The van der Waals surface area contributed by atoms with Gasteiger partial charge in [0.1, 0.15) is 0 Å². The second-order valence-corrected chi connectivity index (χ2v) is 10.5. The lowest BCUT2D eigenvalue weighted by Gasteiger charge is -2.29. The molecule has 12 heteroatoms. The molecule has 35 heavy (non-hydrogen) atoms. The molecule has 0 unspecified atom stereocenters. The van der Waals surface area contributed by atoms with Crippen LogP contribution in [0.2, 0.25) is 0 Å². The molecule has 0 aliphatic carbocycles. The van der Waals surface area contributed by atoms with Gasteiger partial charge in [0.15, 0.2) is 21.4 Å². The lowest BCUT2D eigenvalue weighted by atomic mass is 9.97. The molecule has 0 spiro atoms. The summed E-state index contributed by atoms with van der Waals surface area (Å²) >= 11 is 2.62. The first kappa shape index (κ1) is 27.3. The number of thiazole rings is 2. The average Bonchev–Trinajstić information content (AvgIpc) is 3.57. The number of piperidine rings is 2. The Morgan fingerprint density at radius 2 is 1.37 bits per heavy atom. The second kappa shape index (κ2) is 14.3. The Hall–Kier alpha value is -2.28. The molecule has 2 aliphatic rings. The van der Waals surface area contributed by atoms with E-state index in [2.05, 4.69) is 37.9 Å². The summed E-state index contributed by atoms with van der Waals surface area (Å²) < 4.78 is 9.43. The Labute approximate surface area is 214 Å². The molecule has 0 atom stereocenters. The van der Waals surface area contributed by atoms with Crippen LogP contribution in [-0.2, 0) is 9.47 Å². The summed E-state index contributed by atoms with van der Waals surface area (Å²) in [6.45, 7) is 6.19. The molecular weight excluding hydrogens is 488 g/mol. The zero-order valence-corrected chi connectivity index (χ0v) is 22.3. The summed E-state index contributed by atoms with van der Waals surface area (Å²) in [6, 6.07) is 0. The van der Waals surface area contributed by atoms with Gasteiger partial charge in [-0.1, -0.05) is 0 Å². The van der Waals surface area contributed by atoms with Crippen LogP contribution in [0.3, 0.4) is 0 Å². The molecule has 4 heterocycles. The van der Waals surface area contributed by atoms with Crippen molar-refractivity contribution < 1.29 is 19.1 Å². The molecule has 0 radical (unpaired) electrons. The van der Waals surface area contributed by atoms with Crippen LogP contribution in [0.15, 0.2) is 11.0 Å². The molecule has 2 saturated heterocycles. The number of carbonyl (C=O) groups excluding carboxylic acids is 2. The van der Waals surface area contributed by atoms with Crippen molar-refractivity contribution in [3.8, 4) is 0 Å². The fourth-order valence-electron chi connectivity index (χ4n) is 4.05. The van der Waals surface area contributed by atoms with E-state index in [1.165, 1.54) is 62.6 Å². The SMILES string of the molecule is COC(=O)c1scnc1NCC1CCN(C)CC1.COC(=O)c1scnc1NCC1CCNCC1. The van der Waals surface area contributed by atoms with E-state index in [-0.39, 0.29) is 11.9 Å². The van der Waals surface area contributed by atoms with Crippen molar-refractivity contribution in [1.29, 1.82) is 0 Å². The van der Waals surface area contributed by atoms with Gasteiger partial charge >= 0.3 is 11.9 Å². The van der Waals surface area contributed by atoms with Gasteiger partial charge < -0.3 is 30.3 Å². The van der Waals surface area contributed by atoms with E-state index < -0.39 is 0 Å². The van der Waals surface area contributed by atoms with Gasteiger partial charge in [-0.3, -0.25) is 0 Å². The third-order valence-electron chi connectivity index (χ3n) is 6.29. The van der Waals surface area contributed by atoms with Crippen molar-refractivity contribution in [1.82, 2.24) is 20.2 Å². The Bertz CT molecular complexity index is 923. The normalized spacial score (nSPS) is 17.2. The van der Waals surface area contributed by atoms with E-state index in [1.807, 2.05) is 0 Å². The third kappa shape index (κ3) is 8.41. The van der Waals surface area contributed by atoms with E-state index in [1.54, 1.807) is 11.0 Å². The summed E-state index contributed by atoms with van der Waals surface area (Å²) in [4.78, 5) is 34.7. The zero-order chi connectivity index (χ0) is 25.0. The Morgan fingerprint density at radius 3 is 1.83 bits per heavy atom. The summed E-state index contributed by atoms with van der Waals surface area (Å²) in [5, 5.41) is 9.85. The van der Waals surface area contributed by atoms with E-state index in [0.29, 0.717) is 33.2 Å². The second-order valence-electron chi connectivity index (χ2n) is 8.75. The van der Waals surface area contributed by atoms with E-state index in [9.17, 15) is 9.59 Å². The number of hydrogen-bond acceptors (Lipinski definition) is 12. The van der Waals surface area contributed by atoms with Gasteiger partial charge in [-0.25, -0.2) is 19.6 Å². The number of esters is 2. The predicted octanol–water partition coefficient (Wildman–Crippen LogP) is 3.02. The van der Waals surface area contributed by atoms with Crippen LogP contribution in [0.25, 0.3) is 0 Å². The number of rotatable bonds is 8. The van der Waals surface area contributed by atoms with Crippen molar-refractivity contribution in [3.63, 3.8) is 0 Å². The molecule has 0 aromatic carbocycles. The Morgan fingerprint density at radius 1 is 0.914 bits per heavy atom. The molecule has 10 nitrogen and oxygen atoms in total. The van der Waals surface area contributed by atoms with Gasteiger partial charge in [0.2, 0.25) is 0 Å². The highest BCUT2D eigenvalue weighted by Crippen LogP contribution is 2.23. The molecule has 2 aliphatic heterocycles. The highest BCUT2D eigenvalue weighted by atomic mass is 32.1. The number of methoxy groups -OCH3 is 2. The molecule has 2 fully saturated rings. The minimum absolute atomic E-state index is 0.316. The highest BCUT2D eigenvalue weighted by molar-refractivity contribution is 7.12. The van der Waals surface area contributed by atoms with Crippen LogP contribution in [-0.4, -0.2) is 87.3 Å². The van der Waals surface area contributed by atoms with E-state index in [0.717, 1.165) is 39.3 Å². The number of nitrogens with zero attached hydrogens (tertiary/aromatic N) is 3. The first-order valence-electron chi connectivity index (χ1n) is 11.9. The van der Waals surface area contributed by atoms with Crippen LogP contribution in [0.5, 0.6) is 0 Å². The molecule has 3 N–H and O–H groups in total. The third-order valence-corrected chi connectivity index (χ3v) is 7.90. The van der Waals surface area contributed by atoms with E-state index >= 15 is 0 Å². The standard InChI is InChI=1S/C12H19N3O2S.C11H17N3O2S/c1-15-5-3-9(4-6-15)7-13-11-10(12(16)17-2)18-8-14-11;1-16-11(15)9-10(14-7-17-9)13-6-8-2-4-12-5-3-8/h8-9,13H,3-7H2,1-2H3;7-8,12-13H,2-6H2,1H3. The fraction of sp³-hybridized carbons (Fsp3) is 0.652. The van der Waals surface area contributed by atoms with Crippen molar-refractivity contribution in [2.45, 2.75) is 25.7 Å². The smallest absolute Gasteiger partial charge is 0.351 e. The molecule has 194 valence electrons. The molecule has 2 aromatic rings. The van der Waals surface area contributed by atoms with Gasteiger partial charge in [0, 0.05) is 13.1 Å². The molecule has 4 rings (SSSR count). The van der Waals surface area contributed by atoms with Crippen LogP contribution in [0.4, 0.5) is 11.6 Å². The largest absolute Gasteiger partial charge is 0.465 e. The Balaban J connectivity index is 0.000000196. The number of ether oxygens (including phenoxy) is 2. The van der Waals surface area contributed by atoms with E-state index in [4.69, 9.17) is 9.47 Å². The maximum absolute atomic E-state index is 11.5. The monoisotopic (exact) mass is 524 g/mol. The topological polar surface area (TPSA) is 118 Å². The zero-order valence-electron chi connectivity index (χ0n) is 20.7. The van der Waals surface area contributed by atoms with Gasteiger partial charge in [0.05, 0.1) is 25.2 Å². The Kier molecular flexibility index (Phi) is 11.2. The van der Waals surface area contributed by atoms with Gasteiger partial charge in [-0.15, -0.1) is 22.7 Å². The minimum Gasteiger partial charge on any atom is -0.465 e. The lowest BCUT2D eigenvalue weighted by molar-refractivity contribution is 0.0598. The fourth-order valence-corrected chi connectivity index (χ4v) is 5.41. The lowest BCUT2D eigenvalue weighted by Crippen LogP contribution is -2.33. The maximum Gasteiger partial charge on any atom is 0.351 e. The predicted molar refractivity (Wildman–Crippen MR) is 140 cm³/mol.